The summed E-state index contributed by atoms with van der Waals surface area (Å²) in [6, 6.07) is 11.1. The molecule has 0 radical (unpaired) electrons. The first kappa shape index (κ1) is 13.4. The minimum Gasteiger partial charge on any atom is -0.466 e. The van der Waals surface area contributed by atoms with Crippen LogP contribution in [0.25, 0.3) is 0 Å². The van der Waals surface area contributed by atoms with Gasteiger partial charge in [-0.05, 0) is 31.2 Å². The van der Waals surface area contributed by atoms with Crippen molar-refractivity contribution in [1.29, 1.82) is 0 Å². The van der Waals surface area contributed by atoms with Crippen LogP contribution in [0.2, 0.25) is 0 Å². The molecule has 4 rings (SSSR count). The van der Waals surface area contributed by atoms with E-state index in [2.05, 4.69) is 41.7 Å². The lowest BCUT2D eigenvalue weighted by molar-refractivity contribution is -0.150. The first-order chi connectivity index (χ1) is 9.78. The van der Waals surface area contributed by atoms with Crippen LogP contribution in [0, 0.1) is 11.8 Å². The van der Waals surface area contributed by atoms with E-state index in [1.54, 1.807) is 0 Å². The van der Waals surface area contributed by atoms with E-state index in [1.165, 1.54) is 5.56 Å². The molecule has 2 heterocycles. The summed E-state index contributed by atoms with van der Waals surface area (Å²) in [4.78, 5) is 12.0. The van der Waals surface area contributed by atoms with Crippen molar-refractivity contribution in [2.24, 2.45) is 11.8 Å². The van der Waals surface area contributed by atoms with Crippen molar-refractivity contribution < 1.29 is 9.53 Å². The van der Waals surface area contributed by atoms with Gasteiger partial charge in [-0.3, -0.25) is 4.79 Å². The van der Waals surface area contributed by atoms with Crippen LogP contribution in [-0.4, -0.2) is 24.7 Å². The van der Waals surface area contributed by atoms with Crippen LogP contribution >= 0.6 is 0 Å². The highest BCUT2D eigenvalue weighted by molar-refractivity contribution is 5.74. The molecule has 2 bridgehead atoms. The first-order valence-electron chi connectivity index (χ1n) is 7.43. The number of ether oxygens (including phenoxy) is 1. The van der Waals surface area contributed by atoms with Gasteiger partial charge in [-0.2, -0.15) is 0 Å². The van der Waals surface area contributed by atoms with Gasteiger partial charge in [-0.25, -0.2) is 0 Å². The van der Waals surface area contributed by atoms with E-state index in [1.807, 2.05) is 13.0 Å². The van der Waals surface area contributed by atoms with Crippen LogP contribution in [0.5, 0.6) is 0 Å². The number of carbonyl (C=O) groups excluding carboxylic acids is 1. The predicted molar refractivity (Wildman–Crippen MR) is 78.2 cm³/mol. The maximum Gasteiger partial charge on any atom is 0.310 e. The van der Waals surface area contributed by atoms with Crippen molar-refractivity contribution in [2.45, 2.75) is 31.8 Å². The third-order valence-corrected chi connectivity index (χ3v) is 4.34. The smallest absolute Gasteiger partial charge is 0.310 e. The quantitative estimate of drug-likeness (QED) is 0.674. The topological polar surface area (TPSA) is 38.3 Å². The van der Waals surface area contributed by atoms with Crippen molar-refractivity contribution in [3.8, 4) is 0 Å². The van der Waals surface area contributed by atoms with Gasteiger partial charge in [0, 0.05) is 12.1 Å². The Morgan fingerprint density at radius 1 is 1.30 bits per heavy atom. The van der Waals surface area contributed by atoms with E-state index in [0.717, 1.165) is 12.8 Å². The minimum absolute atomic E-state index is 0.0167. The minimum atomic E-state index is -0.0579. The number of benzene rings is 1. The van der Waals surface area contributed by atoms with Gasteiger partial charge in [0.05, 0.1) is 12.5 Å². The van der Waals surface area contributed by atoms with E-state index < -0.39 is 0 Å². The first-order valence-corrected chi connectivity index (χ1v) is 7.43. The highest BCUT2D eigenvalue weighted by Crippen LogP contribution is 2.34. The molecule has 1 aromatic carbocycles. The van der Waals surface area contributed by atoms with Crippen molar-refractivity contribution in [3.63, 3.8) is 0 Å². The van der Waals surface area contributed by atoms with Crippen LogP contribution in [0.4, 0.5) is 0 Å². The van der Waals surface area contributed by atoms with Crippen LogP contribution in [0.15, 0.2) is 42.5 Å². The monoisotopic (exact) mass is 271 g/mol. The molecule has 0 saturated carbocycles. The van der Waals surface area contributed by atoms with E-state index >= 15 is 0 Å². The normalized spacial score (nSPS) is 31.2. The fourth-order valence-corrected chi connectivity index (χ4v) is 3.33. The highest BCUT2D eigenvalue weighted by atomic mass is 16.5. The number of piperidine rings is 1. The van der Waals surface area contributed by atoms with Gasteiger partial charge in [0.25, 0.3) is 0 Å². The standard InChI is InChI=1S/C17H21NO2/c1-2-20-17(19)14-11-13-8-9-15(14)18-16(13)10-12-6-4-3-5-7-12/h3-9,13-16,18H,2,10-11H2,1H3. The summed E-state index contributed by atoms with van der Waals surface area (Å²) in [5.74, 6) is 0.351. The molecule has 0 spiro atoms. The van der Waals surface area contributed by atoms with E-state index in [0.29, 0.717) is 18.6 Å². The molecule has 2 aliphatic heterocycles. The summed E-state index contributed by atoms with van der Waals surface area (Å²) in [6.07, 6.45) is 6.33. The lowest BCUT2D eigenvalue weighted by atomic mass is 9.73. The highest BCUT2D eigenvalue weighted by Gasteiger charge is 2.41. The average molecular weight is 271 g/mol. The van der Waals surface area contributed by atoms with Crippen molar-refractivity contribution in [1.82, 2.24) is 5.32 Å². The third-order valence-electron chi connectivity index (χ3n) is 4.34. The summed E-state index contributed by atoms with van der Waals surface area (Å²) >= 11 is 0. The molecule has 1 fully saturated rings. The molecular weight excluding hydrogens is 250 g/mol. The largest absolute Gasteiger partial charge is 0.466 e. The Hall–Kier alpha value is -1.61. The second-order valence-corrected chi connectivity index (χ2v) is 5.63. The fourth-order valence-electron chi connectivity index (χ4n) is 3.33. The van der Waals surface area contributed by atoms with Gasteiger partial charge in [0.15, 0.2) is 0 Å². The summed E-state index contributed by atoms with van der Waals surface area (Å²) in [5.41, 5.74) is 1.35. The summed E-state index contributed by atoms with van der Waals surface area (Å²) in [5, 5.41) is 3.60. The van der Waals surface area contributed by atoms with Gasteiger partial charge in [0.2, 0.25) is 0 Å². The van der Waals surface area contributed by atoms with E-state index in [9.17, 15) is 4.79 Å². The second-order valence-electron chi connectivity index (χ2n) is 5.63. The Morgan fingerprint density at radius 2 is 2.10 bits per heavy atom. The van der Waals surface area contributed by atoms with Gasteiger partial charge in [0.1, 0.15) is 0 Å². The molecule has 3 nitrogen and oxygen atoms in total. The Bertz CT molecular complexity index is 497. The maximum absolute atomic E-state index is 12.0. The molecule has 1 N–H and O–H groups in total. The Kier molecular flexibility index (Phi) is 3.88. The van der Waals surface area contributed by atoms with Gasteiger partial charge < -0.3 is 10.1 Å². The molecule has 106 valence electrons. The summed E-state index contributed by atoms with van der Waals surface area (Å²) < 4.78 is 5.17. The molecule has 1 aromatic rings. The van der Waals surface area contributed by atoms with Crippen molar-refractivity contribution in [3.05, 3.63) is 48.0 Å². The zero-order valence-corrected chi connectivity index (χ0v) is 11.8. The number of hydrogen-bond donors (Lipinski definition) is 1. The van der Waals surface area contributed by atoms with Gasteiger partial charge >= 0.3 is 5.97 Å². The van der Waals surface area contributed by atoms with E-state index in [4.69, 9.17) is 4.74 Å². The van der Waals surface area contributed by atoms with E-state index in [-0.39, 0.29) is 17.9 Å². The molecule has 3 heteroatoms. The van der Waals surface area contributed by atoms with Crippen LogP contribution in [-0.2, 0) is 16.0 Å². The number of nitrogens with one attached hydrogen (secondary N) is 1. The molecule has 0 amide bonds. The molecular formula is C17H21NO2. The Balaban J connectivity index is 1.66. The van der Waals surface area contributed by atoms with Crippen molar-refractivity contribution >= 4 is 5.97 Å². The van der Waals surface area contributed by atoms with Crippen LogP contribution < -0.4 is 5.32 Å². The average Bonchev–Trinajstić information content (AvgIpc) is 2.49. The SMILES string of the molecule is CCOC(=O)C1CC2C=CC1NC2Cc1ccccc1. The fraction of sp³-hybridized carbons (Fsp3) is 0.471. The van der Waals surface area contributed by atoms with Crippen molar-refractivity contribution in [2.75, 3.05) is 6.61 Å². The Labute approximate surface area is 120 Å². The zero-order valence-electron chi connectivity index (χ0n) is 11.8. The molecule has 3 aliphatic rings. The summed E-state index contributed by atoms with van der Waals surface area (Å²) in [6.45, 7) is 2.32. The maximum atomic E-state index is 12.0. The number of carbonyl (C=O) groups is 1. The molecule has 1 saturated heterocycles. The van der Waals surface area contributed by atoms with Crippen LogP contribution in [0.3, 0.4) is 0 Å². The lowest BCUT2D eigenvalue weighted by Gasteiger charge is -2.43. The van der Waals surface area contributed by atoms with Crippen LogP contribution in [0.1, 0.15) is 18.9 Å². The Morgan fingerprint density at radius 3 is 2.75 bits per heavy atom. The molecule has 0 aromatic heterocycles. The lowest BCUT2D eigenvalue weighted by Crippen LogP contribution is -2.56. The van der Waals surface area contributed by atoms with Gasteiger partial charge in [-0.15, -0.1) is 0 Å². The molecule has 1 aliphatic carbocycles. The molecule has 4 atom stereocenters. The number of fused-ring (bicyclic) bond motifs is 2. The predicted octanol–water partition coefficient (Wildman–Crippen LogP) is 2.32. The molecule has 20 heavy (non-hydrogen) atoms. The second kappa shape index (κ2) is 5.80. The summed E-state index contributed by atoms with van der Waals surface area (Å²) in [7, 11) is 0. The zero-order chi connectivity index (χ0) is 13.9. The number of esters is 1. The third kappa shape index (κ3) is 2.63. The molecule has 4 unspecified atom stereocenters. The number of rotatable bonds is 4. The van der Waals surface area contributed by atoms with Gasteiger partial charge in [-0.1, -0.05) is 42.5 Å². The number of hydrogen-bond acceptors (Lipinski definition) is 3.